The summed E-state index contributed by atoms with van der Waals surface area (Å²) < 4.78 is 11.6. The van der Waals surface area contributed by atoms with Gasteiger partial charge in [-0.25, -0.2) is 0 Å². The second-order valence-electron chi connectivity index (χ2n) is 7.67. The van der Waals surface area contributed by atoms with E-state index in [9.17, 15) is 14.4 Å². The number of benzene rings is 1. The quantitative estimate of drug-likeness (QED) is 0.488. The fraction of sp³-hybridized carbons (Fsp3) is 0.571. The predicted molar refractivity (Wildman–Crippen MR) is 96.7 cm³/mol. The minimum atomic E-state index is -1.54. The molecular formula is C21H25NO5. The van der Waals surface area contributed by atoms with Crippen molar-refractivity contribution in [3.63, 3.8) is 0 Å². The van der Waals surface area contributed by atoms with Crippen LogP contribution in [0, 0.1) is 5.41 Å². The molecule has 0 bridgehead atoms. The maximum atomic E-state index is 12.9. The molecule has 0 spiro atoms. The molecule has 144 valence electrons. The fourth-order valence-electron chi connectivity index (χ4n) is 5.01. The minimum absolute atomic E-state index is 0.0946. The number of rotatable bonds is 5. The van der Waals surface area contributed by atoms with E-state index in [0.717, 1.165) is 25.7 Å². The van der Waals surface area contributed by atoms with E-state index in [2.05, 4.69) is 5.32 Å². The Kier molecular flexibility index (Phi) is 4.54. The summed E-state index contributed by atoms with van der Waals surface area (Å²) >= 11 is 0. The molecule has 1 aliphatic heterocycles. The summed E-state index contributed by atoms with van der Waals surface area (Å²) in [5, 5.41) is 2.84. The van der Waals surface area contributed by atoms with Crippen molar-refractivity contribution in [3.8, 4) is 0 Å². The zero-order chi connectivity index (χ0) is 19.1. The van der Waals surface area contributed by atoms with Gasteiger partial charge in [0.25, 0.3) is 5.91 Å². The maximum Gasteiger partial charge on any atom is 0.323 e. The smallest absolute Gasteiger partial charge is 0.323 e. The van der Waals surface area contributed by atoms with Gasteiger partial charge < -0.3 is 14.8 Å². The molecule has 0 unspecified atom stereocenters. The summed E-state index contributed by atoms with van der Waals surface area (Å²) in [4.78, 5) is 38.2. The predicted octanol–water partition coefficient (Wildman–Crippen LogP) is 2.25. The van der Waals surface area contributed by atoms with Crippen LogP contribution in [0.1, 0.15) is 51.0 Å². The third-order valence-electron chi connectivity index (χ3n) is 6.31. The number of carbonyl (C=O) groups is 3. The molecule has 2 saturated carbocycles. The summed E-state index contributed by atoms with van der Waals surface area (Å²) in [6.07, 6.45) is 5.21. The molecule has 1 N–H and O–H groups in total. The highest BCUT2D eigenvalue weighted by molar-refractivity contribution is 6.45. The number of hydrogen-bond acceptors (Lipinski definition) is 5. The highest BCUT2D eigenvalue weighted by Crippen LogP contribution is 2.62. The molecule has 27 heavy (non-hydrogen) atoms. The third-order valence-corrected chi connectivity index (χ3v) is 6.31. The molecule has 3 aliphatic rings. The van der Waals surface area contributed by atoms with E-state index in [0.29, 0.717) is 5.56 Å². The van der Waals surface area contributed by atoms with Gasteiger partial charge in [-0.05, 0) is 25.3 Å². The lowest BCUT2D eigenvalue weighted by Gasteiger charge is -2.57. The number of ether oxygens (including phenoxy) is 2. The number of amides is 1. The van der Waals surface area contributed by atoms with Gasteiger partial charge in [-0.3, -0.25) is 14.4 Å². The molecule has 6 nitrogen and oxygen atoms in total. The number of esters is 1. The van der Waals surface area contributed by atoms with Crippen molar-refractivity contribution in [3.05, 3.63) is 35.9 Å². The first-order valence-electron chi connectivity index (χ1n) is 9.81. The molecule has 1 aromatic rings. The van der Waals surface area contributed by atoms with E-state index in [1.54, 1.807) is 6.92 Å². The summed E-state index contributed by atoms with van der Waals surface area (Å²) in [5.41, 5.74) is -2.02. The maximum absolute atomic E-state index is 12.9. The van der Waals surface area contributed by atoms with Gasteiger partial charge in [0.2, 0.25) is 5.78 Å². The summed E-state index contributed by atoms with van der Waals surface area (Å²) in [6, 6.07) is 9.21. The average molecular weight is 371 g/mol. The fourth-order valence-corrected chi connectivity index (χ4v) is 5.01. The number of hydrogen-bond donors (Lipinski definition) is 1. The Morgan fingerprint density at radius 3 is 2.52 bits per heavy atom. The van der Waals surface area contributed by atoms with Gasteiger partial charge in [-0.2, -0.15) is 0 Å². The topological polar surface area (TPSA) is 81.7 Å². The van der Waals surface area contributed by atoms with Gasteiger partial charge in [0.1, 0.15) is 5.54 Å². The molecule has 1 heterocycles. The molecule has 6 heteroatoms. The van der Waals surface area contributed by atoms with Crippen LogP contribution in [0.4, 0.5) is 0 Å². The first kappa shape index (κ1) is 18.2. The Hall–Kier alpha value is -2.21. The monoisotopic (exact) mass is 371 g/mol. The lowest BCUT2D eigenvalue weighted by molar-refractivity contribution is -0.209. The summed E-state index contributed by atoms with van der Waals surface area (Å²) in [5.74, 6) is -2.09. The van der Waals surface area contributed by atoms with Crippen LogP contribution in [-0.2, 0) is 29.4 Å². The molecule has 2 aliphatic carbocycles. The number of fused-ring (bicyclic) bond motifs is 1. The van der Waals surface area contributed by atoms with Crippen LogP contribution < -0.4 is 5.32 Å². The van der Waals surface area contributed by atoms with Gasteiger partial charge in [0.15, 0.2) is 5.41 Å². The molecule has 1 saturated heterocycles. The normalized spacial score (nSPS) is 33.1. The number of nitrogens with one attached hydrogen (secondary N) is 1. The minimum Gasteiger partial charge on any atom is -0.465 e. The van der Waals surface area contributed by atoms with E-state index >= 15 is 0 Å². The van der Waals surface area contributed by atoms with E-state index in [4.69, 9.17) is 9.47 Å². The molecule has 3 fully saturated rings. The zero-order valence-corrected chi connectivity index (χ0v) is 15.5. The number of ketones is 1. The van der Waals surface area contributed by atoms with Crippen molar-refractivity contribution in [2.45, 2.75) is 63.2 Å². The van der Waals surface area contributed by atoms with Crippen molar-refractivity contribution in [1.29, 1.82) is 0 Å². The van der Waals surface area contributed by atoms with E-state index in [-0.39, 0.29) is 19.1 Å². The van der Waals surface area contributed by atoms with Crippen LogP contribution in [0.25, 0.3) is 0 Å². The van der Waals surface area contributed by atoms with Crippen LogP contribution in [0.3, 0.4) is 0 Å². The largest absolute Gasteiger partial charge is 0.465 e. The Morgan fingerprint density at radius 2 is 1.85 bits per heavy atom. The zero-order valence-electron chi connectivity index (χ0n) is 15.5. The van der Waals surface area contributed by atoms with Crippen molar-refractivity contribution in [2.24, 2.45) is 5.41 Å². The molecule has 1 aromatic carbocycles. The van der Waals surface area contributed by atoms with Gasteiger partial charge in [0, 0.05) is 6.42 Å². The summed E-state index contributed by atoms with van der Waals surface area (Å²) in [7, 11) is 0. The molecule has 1 amide bonds. The number of Topliss-reactive ketones (excluding diaryl/α,β-unsaturated/α-hetero) is 1. The van der Waals surface area contributed by atoms with E-state index in [1.165, 1.54) is 6.42 Å². The second-order valence-corrected chi connectivity index (χ2v) is 7.67. The Labute approximate surface area is 158 Å². The van der Waals surface area contributed by atoms with E-state index < -0.39 is 34.7 Å². The SMILES string of the molecule is CCOC(=O)[C@]12C[C@@H](OC3CCCCC3)[C@]1(c1ccccc1)NC(=O)C2=O. The van der Waals surface area contributed by atoms with E-state index in [1.807, 2.05) is 30.3 Å². The standard InChI is InChI=1S/C21H25NO5/c1-2-26-19(25)20-13-16(27-15-11-7-4-8-12-15)21(20,22-18(24)17(20)23)14-9-5-3-6-10-14/h3,5-6,9-10,15-16H,2,4,7-8,11-13H2,1H3,(H,22,24)/t16-,20-,21+/m1/s1. The highest BCUT2D eigenvalue weighted by atomic mass is 16.5. The Morgan fingerprint density at radius 1 is 1.15 bits per heavy atom. The number of carbonyl (C=O) groups excluding carboxylic acids is 3. The second kappa shape index (κ2) is 6.75. The third kappa shape index (κ3) is 2.46. The van der Waals surface area contributed by atoms with Crippen LogP contribution in [0.5, 0.6) is 0 Å². The first-order chi connectivity index (χ1) is 13.1. The summed E-state index contributed by atoms with van der Waals surface area (Å²) in [6.45, 7) is 1.85. The van der Waals surface area contributed by atoms with Crippen LogP contribution in [-0.4, -0.2) is 36.5 Å². The van der Waals surface area contributed by atoms with Gasteiger partial charge in [0.05, 0.1) is 18.8 Å². The van der Waals surface area contributed by atoms with Crippen molar-refractivity contribution < 1.29 is 23.9 Å². The van der Waals surface area contributed by atoms with Gasteiger partial charge >= 0.3 is 5.97 Å². The van der Waals surface area contributed by atoms with Crippen LogP contribution in [0.15, 0.2) is 30.3 Å². The molecular weight excluding hydrogens is 346 g/mol. The lowest BCUT2D eigenvalue weighted by atomic mass is 9.50. The van der Waals surface area contributed by atoms with Crippen molar-refractivity contribution in [2.75, 3.05) is 6.61 Å². The molecule has 3 atom stereocenters. The van der Waals surface area contributed by atoms with Crippen molar-refractivity contribution >= 4 is 17.7 Å². The average Bonchev–Trinajstić information content (AvgIpc) is 2.86. The van der Waals surface area contributed by atoms with Gasteiger partial charge in [-0.15, -0.1) is 0 Å². The Bertz CT molecular complexity index is 757. The van der Waals surface area contributed by atoms with Crippen LogP contribution in [0.2, 0.25) is 0 Å². The highest BCUT2D eigenvalue weighted by Gasteiger charge is 2.81. The first-order valence-corrected chi connectivity index (χ1v) is 9.81. The van der Waals surface area contributed by atoms with Crippen LogP contribution >= 0.6 is 0 Å². The van der Waals surface area contributed by atoms with Crippen molar-refractivity contribution in [1.82, 2.24) is 5.32 Å². The Balaban J connectivity index is 1.76. The molecule has 0 radical (unpaired) electrons. The lowest BCUT2D eigenvalue weighted by Crippen LogP contribution is -2.73. The molecule has 0 aromatic heterocycles. The molecule has 4 rings (SSSR count). The van der Waals surface area contributed by atoms with Gasteiger partial charge in [-0.1, -0.05) is 49.6 Å².